The summed E-state index contributed by atoms with van der Waals surface area (Å²) < 4.78 is 2.12. The minimum Gasteiger partial charge on any atom is -0.382 e. The van der Waals surface area contributed by atoms with Gasteiger partial charge in [0.25, 0.3) is 0 Å². The fourth-order valence-electron chi connectivity index (χ4n) is 4.61. The first-order valence-corrected chi connectivity index (χ1v) is 10.6. The van der Waals surface area contributed by atoms with Gasteiger partial charge in [0.2, 0.25) is 0 Å². The van der Waals surface area contributed by atoms with Crippen molar-refractivity contribution in [3.63, 3.8) is 0 Å². The Hall–Kier alpha value is -3.80. The number of nitrogen functional groups attached to an aromatic ring is 1. The van der Waals surface area contributed by atoms with E-state index in [0.717, 1.165) is 63.6 Å². The van der Waals surface area contributed by atoms with Crippen LogP contribution in [0.4, 0.5) is 5.82 Å². The predicted molar refractivity (Wildman–Crippen MR) is 123 cm³/mol. The van der Waals surface area contributed by atoms with Gasteiger partial charge in [-0.15, -0.1) is 0 Å². The molecule has 4 aromatic heterocycles. The van der Waals surface area contributed by atoms with E-state index in [1.807, 2.05) is 30.5 Å². The molecule has 1 saturated carbocycles. The number of imidazole rings is 1. The van der Waals surface area contributed by atoms with Gasteiger partial charge in [-0.1, -0.05) is 31.2 Å². The number of benzene rings is 1. The summed E-state index contributed by atoms with van der Waals surface area (Å²) >= 11 is 0. The molecule has 2 N–H and O–H groups in total. The number of hydrogen-bond acceptors (Lipinski definition) is 5. The minimum atomic E-state index is 0.465. The summed E-state index contributed by atoms with van der Waals surface area (Å²) in [6, 6.07) is 16.2. The molecule has 0 saturated heterocycles. The molecule has 6 nitrogen and oxygen atoms in total. The summed E-state index contributed by atoms with van der Waals surface area (Å²) in [5.41, 5.74) is 11.7. The molecule has 152 valence electrons. The van der Waals surface area contributed by atoms with Crippen molar-refractivity contribution >= 4 is 22.2 Å². The molecule has 0 unspecified atom stereocenters. The van der Waals surface area contributed by atoms with Gasteiger partial charge in [0, 0.05) is 35.5 Å². The highest BCUT2D eigenvalue weighted by Crippen LogP contribution is 2.42. The van der Waals surface area contributed by atoms with E-state index in [1.165, 1.54) is 0 Å². The van der Waals surface area contributed by atoms with Crippen molar-refractivity contribution in [1.82, 2.24) is 24.3 Å². The van der Waals surface area contributed by atoms with Crippen LogP contribution in [0.25, 0.3) is 39.1 Å². The summed E-state index contributed by atoms with van der Waals surface area (Å²) in [5.74, 6) is 2.79. The Balaban J connectivity index is 1.51. The number of fused-ring (bicyclic) bond motifs is 2. The van der Waals surface area contributed by atoms with Gasteiger partial charge in [0.05, 0.1) is 16.9 Å². The molecule has 5 aromatic rings. The molecule has 0 amide bonds. The molecular formula is C25H22N6. The van der Waals surface area contributed by atoms with E-state index in [9.17, 15) is 0 Å². The smallest absolute Gasteiger partial charge is 0.150 e. The maximum atomic E-state index is 6.31. The highest BCUT2D eigenvalue weighted by atomic mass is 15.1. The second-order valence-corrected chi connectivity index (χ2v) is 8.44. The maximum absolute atomic E-state index is 6.31. The Labute approximate surface area is 179 Å². The van der Waals surface area contributed by atoms with Crippen LogP contribution in [0.1, 0.15) is 31.5 Å². The Bertz CT molecular complexity index is 1420. The van der Waals surface area contributed by atoms with Crippen molar-refractivity contribution in [2.75, 3.05) is 5.73 Å². The first-order valence-electron chi connectivity index (χ1n) is 10.6. The van der Waals surface area contributed by atoms with E-state index in [0.29, 0.717) is 11.7 Å². The van der Waals surface area contributed by atoms with Gasteiger partial charge in [-0.05, 0) is 43.0 Å². The van der Waals surface area contributed by atoms with E-state index >= 15 is 0 Å². The van der Waals surface area contributed by atoms with Gasteiger partial charge in [0.15, 0.2) is 0 Å². The lowest BCUT2D eigenvalue weighted by Crippen LogP contribution is -2.21. The molecule has 0 bridgehead atoms. The second-order valence-electron chi connectivity index (χ2n) is 8.44. The van der Waals surface area contributed by atoms with Crippen LogP contribution in [-0.2, 0) is 0 Å². The molecule has 0 radical (unpaired) electrons. The molecule has 6 heteroatoms. The highest BCUT2D eigenvalue weighted by Gasteiger charge is 2.31. The maximum Gasteiger partial charge on any atom is 0.150 e. The molecule has 0 aliphatic heterocycles. The van der Waals surface area contributed by atoms with Crippen molar-refractivity contribution in [2.24, 2.45) is 5.92 Å². The molecule has 0 atom stereocenters. The standard InChI is InChI=1S/C25H22N6/c1-15-12-18(13-15)25-30-22(23-24(26)28-10-11-31(23)25)17-6-5-16-7-8-20(29-21(16)14-17)19-4-2-3-9-27-19/h2-11,14-15,18H,12-13H2,1H3,(H2,26,28). The van der Waals surface area contributed by atoms with Gasteiger partial charge in [-0.2, -0.15) is 0 Å². The van der Waals surface area contributed by atoms with E-state index in [4.69, 9.17) is 15.7 Å². The molecule has 1 aromatic carbocycles. The van der Waals surface area contributed by atoms with Crippen LogP contribution in [0.3, 0.4) is 0 Å². The van der Waals surface area contributed by atoms with Crippen molar-refractivity contribution in [3.8, 4) is 22.6 Å². The largest absolute Gasteiger partial charge is 0.382 e. The first-order chi connectivity index (χ1) is 15.2. The van der Waals surface area contributed by atoms with Crippen molar-refractivity contribution < 1.29 is 0 Å². The third-order valence-electron chi connectivity index (χ3n) is 6.24. The SMILES string of the molecule is CC1CC(c2nc(-c3ccc4ccc(-c5ccccn5)nc4c3)c3c(N)nccn23)C1. The zero-order valence-electron chi connectivity index (χ0n) is 17.2. The number of rotatable bonds is 3. The quantitative estimate of drug-likeness (QED) is 0.451. The lowest BCUT2D eigenvalue weighted by Gasteiger charge is -2.31. The minimum absolute atomic E-state index is 0.465. The summed E-state index contributed by atoms with van der Waals surface area (Å²) in [7, 11) is 0. The Kier molecular flexibility index (Phi) is 3.99. The Morgan fingerprint density at radius 2 is 1.81 bits per heavy atom. The Morgan fingerprint density at radius 1 is 0.935 bits per heavy atom. The third kappa shape index (κ3) is 2.94. The summed E-state index contributed by atoms with van der Waals surface area (Å²) in [6.45, 7) is 2.29. The third-order valence-corrected chi connectivity index (χ3v) is 6.24. The van der Waals surface area contributed by atoms with Crippen LogP contribution in [0, 0.1) is 5.92 Å². The number of hydrogen-bond donors (Lipinski definition) is 1. The van der Waals surface area contributed by atoms with E-state index in [2.05, 4.69) is 45.6 Å². The molecular weight excluding hydrogens is 384 g/mol. The van der Waals surface area contributed by atoms with E-state index in [1.54, 1.807) is 12.4 Å². The van der Waals surface area contributed by atoms with Crippen LogP contribution in [0.15, 0.2) is 67.1 Å². The number of aromatic nitrogens is 5. The second kappa shape index (κ2) is 6.87. The van der Waals surface area contributed by atoms with Gasteiger partial charge >= 0.3 is 0 Å². The fraction of sp³-hybridized carbons (Fsp3) is 0.200. The lowest BCUT2D eigenvalue weighted by atomic mass is 9.76. The van der Waals surface area contributed by atoms with Crippen LogP contribution < -0.4 is 5.73 Å². The van der Waals surface area contributed by atoms with Gasteiger partial charge in [0.1, 0.15) is 22.9 Å². The fourth-order valence-corrected chi connectivity index (χ4v) is 4.61. The van der Waals surface area contributed by atoms with Gasteiger partial charge in [-0.25, -0.2) is 15.0 Å². The topological polar surface area (TPSA) is 82.0 Å². The van der Waals surface area contributed by atoms with Gasteiger partial charge < -0.3 is 5.73 Å². The molecule has 0 spiro atoms. The van der Waals surface area contributed by atoms with Crippen LogP contribution in [0.2, 0.25) is 0 Å². The molecule has 4 heterocycles. The lowest BCUT2D eigenvalue weighted by molar-refractivity contribution is 0.277. The number of pyridine rings is 2. The average Bonchev–Trinajstić information content (AvgIpc) is 3.17. The number of anilines is 1. The monoisotopic (exact) mass is 406 g/mol. The highest BCUT2D eigenvalue weighted by molar-refractivity contribution is 5.91. The molecule has 1 aliphatic rings. The normalized spacial score (nSPS) is 18.4. The first kappa shape index (κ1) is 18.0. The van der Waals surface area contributed by atoms with E-state index in [-0.39, 0.29) is 0 Å². The van der Waals surface area contributed by atoms with Crippen LogP contribution >= 0.6 is 0 Å². The van der Waals surface area contributed by atoms with E-state index < -0.39 is 0 Å². The van der Waals surface area contributed by atoms with Gasteiger partial charge in [-0.3, -0.25) is 9.38 Å². The summed E-state index contributed by atoms with van der Waals surface area (Å²) in [6.07, 6.45) is 7.83. The average molecular weight is 406 g/mol. The molecule has 1 fully saturated rings. The predicted octanol–water partition coefficient (Wildman–Crippen LogP) is 5.10. The zero-order valence-corrected chi connectivity index (χ0v) is 17.2. The zero-order chi connectivity index (χ0) is 20.9. The summed E-state index contributed by atoms with van der Waals surface area (Å²) in [4.78, 5) is 18.7. The van der Waals surface area contributed by atoms with Crippen molar-refractivity contribution in [2.45, 2.75) is 25.7 Å². The van der Waals surface area contributed by atoms with Crippen LogP contribution in [-0.4, -0.2) is 24.3 Å². The van der Waals surface area contributed by atoms with Crippen molar-refractivity contribution in [1.29, 1.82) is 0 Å². The molecule has 1 aliphatic carbocycles. The molecule has 31 heavy (non-hydrogen) atoms. The van der Waals surface area contributed by atoms with Crippen molar-refractivity contribution in [3.05, 3.63) is 72.9 Å². The molecule has 6 rings (SSSR count). The van der Waals surface area contributed by atoms with Crippen LogP contribution in [0.5, 0.6) is 0 Å². The number of nitrogens with two attached hydrogens (primary N) is 1. The number of nitrogens with zero attached hydrogens (tertiary/aromatic N) is 5. The summed E-state index contributed by atoms with van der Waals surface area (Å²) in [5, 5.41) is 1.08. The Morgan fingerprint density at radius 3 is 2.61 bits per heavy atom.